The number of imidazole rings is 1. The third-order valence-electron chi connectivity index (χ3n) is 3.31. The highest BCUT2D eigenvalue weighted by atomic mass is 16.1. The van der Waals surface area contributed by atoms with Gasteiger partial charge >= 0.3 is 0 Å². The van der Waals surface area contributed by atoms with Gasteiger partial charge in [-0.05, 0) is 24.3 Å². The molecule has 3 rings (SSSR count). The number of hydrogen-bond donors (Lipinski definition) is 1. The molecule has 0 spiro atoms. The van der Waals surface area contributed by atoms with Gasteiger partial charge in [-0.1, -0.05) is 0 Å². The summed E-state index contributed by atoms with van der Waals surface area (Å²) in [5.41, 5.74) is 2.95. The fourth-order valence-corrected chi connectivity index (χ4v) is 2.12. The van der Waals surface area contributed by atoms with Crippen LogP contribution < -0.4 is 10.2 Å². The van der Waals surface area contributed by atoms with E-state index >= 15 is 0 Å². The molecule has 0 atom stereocenters. The molecule has 0 saturated heterocycles. The number of benzene rings is 1. The SMILES string of the molecule is CNC(=O)c1ccc(-n2cnc3cnc(N(C)C)nc32)cc1. The van der Waals surface area contributed by atoms with Crippen LogP contribution in [0.15, 0.2) is 36.8 Å². The van der Waals surface area contributed by atoms with Gasteiger partial charge in [0, 0.05) is 32.4 Å². The largest absolute Gasteiger partial charge is 0.355 e. The molecule has 0 aliphatic heterocycles. The van der Waals surface area contributed by atoms with E-state index in [-0.39, 0.29) is 5.91 Å². The summed E-state index contributed by atoms with van der Waals surface area (Å²) in [5, 5.41) is 2.60. The molecule has 1 amide bonds. The summed E-state index contributed by atoms with van der Waals surface area (Å²) >= 11 is 0. The third kappa shape index (κ3) is 2.37. The molecule has 112 valence electrons. The average Bonchev–Trinajstić information content (AvgIpc) is 2.97. The van der Waals surface area contributed by atoms with Gasteiger partial charge in [0.25, 0.3) is 5.91 Å². The molecule has 1 aromatic carbocycles. The Morgan fingerprint density at radius 1 is 1.18 bits per heavy atom. The molecule has 3 aromatic rings. The first-order valence-electron chi connectivity index (χ1n) is 6.80. The van der Waals surface area contributed by atoms with Crippen molar-refractivity contribution in [3.63, 3.8) is 0 Å². The maximum atomic E-state index is 11.6. The fourth-order valence-electron chi connectivity index (χ4n) is 2.12. The van der Waals surface area contributed by atoms with Gasteiger partial charge in [0.15, 0.2) is 5.65 Å². The second kappa shape index (κ2) is 5.44. The van der Waals surface area contributed by atoms with Crippen LogP contribution in [0.2, 0.25) is 0 Å². The van der Waals surface area contributed by atoms with Gasteiger partial charge in [-0.15, -0.1) is 0 Å². The van der Waals surface area contributed by atoms with Crippen molar-refractivity contribution < 1.29 is 4.79 Å². The van der Waals surface area contributed by atoms with Crippen molar-refractivity contribution in [2.24, 2.45) is 0 Å². The number of anilines is 1. The van der Waals surface area contributed by atoms with Crippen molar-refractivity contribution in [2.75, 3.05) is 26.0 Å². The van der Waals surface area contributed by atoms with Crippen LogP contribution in [0.1, 0.15) is 10.4 Å². The van der Waals surface area contributed by atoms with Crippen LogP contribution in [-0.4, -0.2) is 46.6 Å². The minimum atomic E-state index is -0.112. The molecule has 0 aliphatic carbocycles. The first kappa shape index (κ1) is 14.0. The first-order chi connectivity index (χ1) is 10.6. The smallest absolute Gasteiger partial charge is 0.251 e. The second-order valence-corrected chi connectivity index (χ2v) is 5.01. The maximum absolute atomic E-state index is 11.6. The monoisotopic (exact) mass is 296 g/mol. The van der Waals surface area contributed by atoms with E-state index in [1.165, 1.54) is 0 Å². The predicted octanol–water partition coefficient (Wildman–Crippen LogP) is 1.24. The summed E-state index contributed by atoms with van der Waals surface area (Å²) < 4.78 is 1.87. The van der Waals surface area contributed by atoms with E-state index in [0.717, 1.165) is 16.9 Å². The molecular weight excluding hydrogens is 280 g/mol. The van der Waals surface area contributed by atoms with Gasteiger partial charge in [0.2, 0.25) is 5.95 Å². The quantitative estimate of drug-likeness (QED) is 0.787. The number of nitrogens with one attached hydrogen (secondary N) is 1. The number of aromatic nitrogens is 4. The third-order valence-corrected chi connectivity index (χ3v) is 3.31. The minimum absolute atomic E-state index is 0.112. The van der Waals surface area contributed by atoms with Gasteiger partial charge in [-0.3, -0.25) is 9.36 Å². The molecule has 7 nitrogen and oxygen atoms in total. The maximum Gasteiger partial charge on any atom is 0.251 e. The normalized spacial score (nSPS) is 10.7. The molecule has 0 radical (unpaired) electrons. The summed E-state index contributed by atoms with van der Waals surface area (Å²) in [6.45, 7) is 0. The second-order valence-electron chi connectivity index (χ2n) is 5.01. The highest BCUT2D eigenvalue weighted by Gasteiger charge is 2.10. The molecule has 0 saturated carbocycles. The molecule has 22 heavy (non-hydrogen) atoms. The number of hydrogen-bond acceptors (Lipinski definition) is 5. The van der Waals surface area contributed by atoms with E-state index in [1.807, 2.05) is 35.7 Å². The van der Waals surface area contributed by atoms with Crippen LogP contribution in [0.4, 0.5) is 5.95 Å². The van der Waals surface area contributed by atoms with Crippen LogP contribution in [0, 0.1) is 0 Å². The van der Waals surface area contributed by atoms with E-state index in [4.69, 9.17) is 0 Å². The Morgan fingerprint density at radius 3 is 2.55 bits per heavy atom. The lowest BCUT2D eigenvalue weighted by atomic mass is 10.2. The molecule has 2 heterocycles. The standard InChI is InChI=1S/C15H16N6O/c1-16-14(22)10-4-6-11(7-5-10)21-9-18-12-8-17-15(20(2)3)19-13(12)21/h4-9H,1-3H3,(H,16,22). The highest BCUT2D eigenvalue weighted by Crippen LogP contribution is 2.18. The Morgan fingerprint density at radius 2 is 1.91 bits per heavy atom. The average molecular weight is 296 g/mol. The van der Waals surface area contributed by atoms with Gasteiger partial charge in [0.05, 0.1) is 6.20 Å². The summed E-state index contributed by atoms with van der Waals surface area (Å²) in [6, 6.07) is 7.27. The van der Waals surface area contributed by atoms with Crippen molar-refractivity contribution in [3.8, 4) is 5.69 Å². The van der Waals surface area contributed by atoms with Gasteiger partial charge in [0.1, 0.15) is 11.8 Å². The van der Waals surface area contributed by atoms with Crippen molar-refractivity contribution in [3.05, 3.63) is 42.4 Å². The molecule has 0 bridgehead atoms. The molecule has 2 aromatic heterocycles. The number of fused-ring (bicyclic) bond motifs is 1. The lowest BCUT2D eigenvalue weighted by Crippen LogP contribution is -2.17. The molecule has 1 N–H and O–H groups in total. The van der Waals surface area contributed by atoms with E-state index in [1.54, 1.807) is 31.7 Å². The summed E-state index contributed by atoms with van der Waals surface area (Å²) in [7, 11) is 5.39. The van der Waals surface area contributed by atoms with Crippen molar-refractivity contribution >= 4 is 23.0 Å². The van der Waals surface area contributed by atoms with Crippen LogP contribution in [-0.2, 0) is 0 Å². The Hall–Kier alpha value is -2.96. The highest BCUT2D eigenvalue weighted by molar-refractivity contribution is 5.94. The van der Waals surface area contributed by atoms with E-state index in [2.05, 4.69) is 20.3 Å². The van der Waals surface area contributed by atoms with E-state index < -0.39 is 0 Å². The lowest BCUT2D eigenvalue weighted by Gasteiger charge is -2.10. The van der Waals surface area contributed by atoms with Gasteiger partial charge < -0.3 is 10.2 Å². The van der Waals surface area contributed by atoms with E-state index in [0.29, 0.717) is 11.5 Å². The molecule has 7 heteroatoms. The fraction of sp³-hybridized carbons (Fsp3) is 0.200. The topological polar surface area (TPSA) is 75.9 Å². The molecule has 0 aliphatic rings. The summed E-state index contributed by atoms with van der Waals surface area (Å²) in [4.78, 5) is 26.5. The Bertz CT molecular complexity index is 822. The Labute approximate surface area is 127 Å². The Kier molecular flexibility index (Phi) is 3.46. The predicted molar refractivity (Wildman–Crippen MR) is 84.4 cm³/mol. The Balaban J connectivity index is 2.06. The van der Waals surface area contributed by atoms with Crippen LogP contribution in [0.5, 0.6) is 0 Å². The zero-order chi connectivity index (χ0) is 15.7. The number of nitrogens with zero attached hydrogens (tertiary/aromatic N) is 5. The molecular formula is C15H16N6O. The molecule has 0 unspecified atom stereocenters. The van der Waals surface area contributed by atoms with Crippen LogP contribution in [0.3, 0.4) is 0 Å². The van der Waals surface area contributed by atoms with E-state index in [9.17, 15) is 4.79 Å². The number of carbonyl (C=O) groups excluding carboxylic acids is 1. The lowest BCUT2D eigenvalue weighted by molar-refractivity contribution is 0.0963. The number of rotatable bonds is 3. The van der Waals surface area contributed by atoms with Crippen molar-refractivity contribution in [1.29, 1.82) is 0 Å². The van der Waals surface area contributed by atoms with Crippen LogP contribution >= 0.6 is 0 Å². The number of carbonyl (C=O) groups is 1. The van der Waals surface area contributed by atoms with Gasteiger partial charge in [-0.25, -0.2) is 9.97 Å². The summed E-state index contributed by atoms with van der Waals surface area (Å²) in [5.74, 6) is 0.510. The minimum Gasteiger partial charge on any atom is -0.355 e. The summed E-state index contributed by atoms with van der Waals surface area (Å²) in [6.07, 6.45) is 3.40. The van der Waals surface area contributed by atoms with Crippen molar-refractivity contribution in [2.45, 2.75) is 0 Å². The van der Waals surface area contributed by atoms with Crippen molar-refractivity contribution in [1.82, 2.24) is 24.8 Å². The zero-order valence-corrected chi connectivity index (χ0v) is 12.6. The van der Waals surface area contributed by atoms with Crippen LogP contribution in [0.25, 0.3) is 16.9 Å². The molecule has 0 fully saturated rings. The zero-order valence-electron chi connectivity index (χ0n) is 12.6. The first-order valence-corrected chi connectivity index (χ1v) is 6.80. The number of amides is 1. The van der Waals surface area contributed by atoms with Gasteiger partial charge in [-0.2, -0.15) is 4.98 Å².